The highest BCUT2D eigenvalue weighted by Crippen LogP contribution is 2.34. The first kappa shape index (κ1) is 14.0. The highest BCUT2D eigenvalue weighted by molar-refractivity contribution is 5.41. The molecule has 94 valence electrons. The van der Waals surface area contributed by atoms with Gasteiger partial charge in [-0.1, -0.05) is 65.8 Å². The van der Waals surface area contributed by atoms with Crippen LogP contribution in [0, 0.1) is 0 Å². The average molecular weight is 230 g/mol. The fraction of sp³-hybridized carbons (Fsp3) is 0.529. The summed E-state index contributed by atoms with van der Waals surface area (Å²) in [6.45, 7) is 17.5. The molecule has 0 unspecified atom stereocenters. The summed E-state index contributed by atoms with van der Waals surface area (Å²) in [5.41, 5.74) is 4.68. The van der Waals surface area contributed by atoms with E-state index in [1.807, 2.05) is 6.08 Å². The van der Waals surface area contributed by atoms with E-state index in [4.69, 9.17) is 0 Å². The minimum atomic E-state index is 0.194. The van der Waals surface area contributed by atoms with E-state index in [9.17, 15) is 0 Å². The fourth-order valence-corrected chi connectivity index (χ4v) is 2.16. The molecule has 0 aromatic heterocycles. The summed E-state index contributed by atoms with van der Waals surface area (Å²) in [6.07, 6.45) is 2.92. The van der Waals surface area contributed by atoms with Crippen LogP contribution in [-0.2, 0) is 17.3 Å². The monoisotopic (exact) mass is 230 g/mol. The molecule has 0 spiro atoms. The molecule has 0 bridgehead atoms. The van der Waals surface area contributed by atoms with Crippen molar-refractivity contribution in [2.45, 2.75) is 58.8 Å². The van der Waals surface area contributed by atoms with Gasteiger partial charge >= 0.3 is 0 Å². The Morgan fingerprint density at radius 2 is 1.47 bits per heavy atom. The van der Waals surface area contributed by atoms with Crippen LogP contribution in [0.5, 0.6) is 0 Å². The second-order valence-corrected chi connectivity index (χ2v) is 6.87. The molecule has 0 saturated carbocycles. The molecule has 0 saturated heterocycles. The molecule has 0 radical (unpaired) electrons. The molecule has 0 aliphatic rings. The zero-order valence-corrected chi connectivity index (χ0v) is 12.2. The molecular formula is C17H26. The molecule has 1 aromatic carbocycles. The van der Waals surface area contributed by atoms with Crippen LogP contribution in [0.4, 0.5) is 0 Å². The first-order valence-electron chi connectivity index (χ1n) is 6.41. The minimum Gasteiger partial charge on any atom is -0.103 e. The van der Waals surface area contributed by atoms with Gasteiger partial charge in [0.25, 0.3) is 0 Å². The van der Waals surface area contributed by atoms with Crippen molar-refractivity contribution in [3.63, 3.8) is 0 Å². The minimum absolute atomic E-state index is 0.194. The number of hydrogen-bond donors (Lipinski definition) is 0. The van der Waals surface area contributed by atoms with E-state index in [1.54, 1.807) is 0 Å². The summed E-state index contributed by atoms with van der Waals surface area (Å²) in [5.74, 6) is 0. The van der Waals surface area contributed by atoms with Crippen molar-refractivity contribution < 1.29 is 0 Å². The third-order valence-electron chi connectivity index (χ3n) is 3.08. The van der Waals surface area contributed by atoms with Crippen molar-refractivity contribution in [3.8, 4) is 0 Å². The summed E-state index contributed by atoms with van der Waals surface area (Å²) in [7, 11) is 0. The third-order valence-corrected chi connectivity index (χ3v) is 3.08. The summed E-state index contributed by atoms with van der Waals surface area (Å²) < 4.78 is 0. The predicted molar refractivity (Wildman–Crippen MR) is 77.7 cm³/mol. The molecule has 0 aliphatic heterocycles. The molecule has 0 heteroatoms. The summed E-state index contributed by atoms with van der Waals surface area (Å²) >= 11 is 0. The second kappa shape index (κ2) is 4.68. The zero-order valence-electron chi connectivity index (χ0n) is 12.2. The van der Waals surface area contributed by atoms with Crippen LogP contribution >= 0.6 is 0 Å². The van der Waals surface area contributed by atoms with E-state index in [-0.39, 0.29) is 10.8 Å². The Kier molecular flexibility index (Phi) is 3.86. The summed E-state index contributed by atoms with van der Waals surface area (Å²) in [4.78, 5) is 0. The maximum absolute atomic E-state index is 3.82. The van der Waals surface area contributed by atoms with Gasteiger partial charge in [0.15, 0.2) is 0 Å². The van der Waals surface area contributed by atoms with Crippen LogP contribution in [0.15, 0.2) is 30.9 Å². The van der Waals surface area contributed by atoms with Crippen molar-refractivity contribution in [2.24, 2.45) is 0 Å². The van der Waals surface area contributed by atoms with Gasteiger partial charge in [0.05, 0.1) is 0 Å². The maximum Gasteiger partial charge on any atom is -0.0100 e. The van der Waals surface area contributed by atoms with Crippen LogP contribution in [0.25, 0.3) is 0 Å². The fourth-order valence-electron chi connectivity index (χ4n) is 2.16. The number of benzene rings is 1. The Labute approximate surface area is 107 Å². The molecule has 1 aromatic rings. The van der Waals surface area contributed by atoms with Crippen LogP contribution < -0.4 is 0 Å². The highest BCUT2D eigenvalue weighted by atomic mass is 14.3. The average Bonchev–Trinajstić information content (AvgIpc) is 2.15. The molecule has 0 fully saturated rings. The van der Waals surface area contributed by atoms with Crippen molar-refractivity contribution in [1.82, 2.24) is 0 Å². The Morgan fingerprint density at radius 1 is 0.941 bits per heavy atom. The highest BCUT2D eigenvalue weighted by Gasteiger charge is 2.24. The number of rotatable bonds is 2. The predicted octanol–water partition coefficient (Wildman–Crippen LogP) is 5.01. The first-order valence-corrected chi connectivity index (χ1v) is 6.41. The van der Waals surface area contributed by atoms with Gasteiger partial charge in [-0.05, 0) is 33.9 Å². The van der Waals surface area contributed by atoms with Gasteiger partial charge in [0, 0.05) is 0 Å². The third kappa shape index (κ3) is 3.46. The van der Waals surface area contributed by atoms with Gasteiger partial charge in [0.2, 0.25) is 0 Å². The van der Waals surface area contributed by atoms with Crippen molar-refractivity contribution >= 4 is 0 Å². The second-order valence-electron chi connectivity index (χ2n) is 6.87. The Bertz CT molecular complexity index is 397. The van der Waals surface area contributed by atoms with E-state index in [1.165, 1.54) is 16.7 Å². The zero-order chi connectivity index (χ0) is 13.3. The normalized spacial score (nSPS) is 12.6. The lowest BCUT2D eigenvalue weighted by molar-refractivity contribution is 0.529. The summed E-state index contributed by atoms with van der Waals surface area (Å²) in [6, 6.07) is 6.87. The Morgan fingerprint density at radius 3 is 1.88 bits per heavy atom. The quantitative estimate of drug-likeness (QED) is 0.626. The van der Waals surface area contributed by atoms with Gasteiger partial charge in [-0.2, -0.15) is 0 Å². The SMILES string of the molecule is C=CCc1ccc(C(C)(C)C)c(C(C)(C)C)c1. The Hall–Kier alpha value is -1.04. The van der Waals surface area contributed by atoms with Gasteiger partial charge in [-0.25, -0.2) is 0 Å². The molecule has 0 N–H and O–H groups in total. The van der Waals surface area contributed by atoms with Gasteiger partial charge < -0.3 is 0 Å². The number of hydrogen-bond acceptors (Lipinski definition) is 0. The largest absolute Gasteiger partial charge is 0.103 e. The first-order chi connectivity index (χ1) is 7.66. The molecule has 0 nitrogen and oxygen atoms in total. The lowest BCUT2D eigenvalue weighted by atomic mass is 9.74. The molecule has 0 heterocycles. The topological polar surface area (TPSA) is 0 Å². The molecule has 0 aliphatic carbocycles. The molecule has 0 atom stereocenters. The van der Waals surface area contributed by atoms with Crippen molar-refractivity contribution in [1.29, 1.82) is 0 Å². The number of allylic oxidation sites excluding steroid dienone is 1. The van der Waals surface area contributed by atoms with E-state index in [0.717, 1.165) is 6.42 Å². The lowest BCUT2D eigenvalue weighted by Crippen LogP contribution is -2.22. The van der Waals surface area contributed by atoms with E-state index < -0.39 is 0 Å². The standard InChI is InChI=1S/C17H26/c1-8-9-13-10-11-14(16(2,3)4)15(12-13)17(5,6)7/h8,10-12H,1,9H2,2-7H3. The van der Waals surface area contributed by atoms with Crippen molar-refractivity contribution in [2.75, 3.05) is 0 Å². The van der Waals surface area contributed by atoms with Crippen LogP contribution in [0.2, 0.25) is 0 Å². The molecule has 1 rings (SSSR count). The van der Waals surface area contributed by atoms with Crippen molar-refractivity contribution in [3.05, 3.63) is 47.5 Å². The van der Waals surface area contributed by atoms with E-state index in [2.05, 4.69) is 66.3 Å². The Balaban J connectivity index is 3.37. The van der Waals surface area contributed by atoms with Crippen LogP contribution in [0.1, 0.15) is 58.2 Å². The van der Waals surface area contributed by atoms with Crippen LogP contribution in [0.3, 0.4) is 0 Å². The summed E-state index contributed by atoms with van der Waals surface area (Å²) in [5, 5.41) is 0. The van der Waals surface area contributed by atoms with Crippen LogP contribution in [-0.4, -0.2) is 0 Å². The molecule has 0 amide bonds. The molecule has 17 heavy (non-hydrogen) atoms. The maximum atomic E-state index is 3.82. The smallest absolute Gasteiger partial charge is 0.0100 e. The van der Waals surface area contributed by atoms with Gasteiger partial charge in [0.1, 0.15) is 0 Å². The van der Waals surface area contributed by atoms with Gasteiger partial charge in [-0.3, -0.25) is 0 Å². The van der Waals surface area contributed by atoms with Gasteiger partial charge in [-0.15, -0.1) is 6.58 Å². The molecular weight excluding hydrogens is 204 g/mol. The lowest BCUT2D eigenvalue weighted by Gasteiger charge is -2.30. The van der Waals surface area contributed by atoms with E-state index in [0.29, 0.717) is 0 Å². The van der Waals surface area contributed by atoms with E-state index >= 15 is 0 Å².